The second-order valence-corrected chi connectivity index (χ2v) is 11.4. The van der Waals surface area contributed by atoms with Gasteiger partial charge in [0.2, 0.25) is 11.8 Å². The van der Waals surface area contributed by atoms with E-state index in [9.17, 15) is 22.4 Å². The van der Waals surface area contributed by atoms with Crippen molar-refractivity contribution < 1.29 is 22.4 Å². The number of hydrogen-bond donors (Lipinski definition) is 1. The molecule has 202 valence electrons. The molecule has 0 saturated carbocycles. The third kappa shape index (κ3) is 6.93. The minimum atomic E-state index is -4.16. The van der Waals surface area contributed by atoms with Crippen molar-refractivity contribution in [3.8, 4) is 0 Å². The predicted molar refractivity (Wildman–Crippen MR) is 149 cm³/mol. The zero-order valence-corrected chi connectivity index (χ0v) is 23.5. The molecule has 0 bridgehead atoms. The molecule has 0 aliphatic heterocycles. The van der Waals surface area contributed by atoms with Crippen LogP contribution in [-0.2, 0) is 26.2 Å². The molecular weight excluding hydrogens is 525 g/mol. The number of halogens is 1. The number of amides is 2. The molecule has 7 nitrogen and oxygen atoms in total. The Morgan fingerprint density at radius 3 is 2.21 bits per heavy atom. The quantitative estimate of drug-likeness (QED) is 0.348. The maximum atomic E-state index is 14.5. The van der Waals surface area contributed by atoms with E-state index in [0.717, 1.165) is 14.8 Å². The Hall–Kier alpha value is -3.37. The molecule has 3 rings (SSSR count). The van der Waals surface area contributed by atoms with Crippen molar-refractivity contribution in [2.24, 2.45) is 0 Å². The molecule has 2 amide bonds. The van der Waals surface area contributed by atoms with Crippen LogP contribution >= 0.6 is 11.8 Å². The van der Waals surface area contributed by atoms with Gasteiger partial charge in [0.05, 0.1) is 10.6 Å². The Balaban J connectivity index is 2.03. The highest BCUT2D eigenvalue weighted by atomic mass is 32.2. The van der Waals surface area contributed by atoms with Gasteiger partial charge in [-0.3, -0.25) is 13.9 Å². The molecule has 0 spiro atoms. The summed E-state index contributed by atoms with van der Waals surface area (Å²) in [5.74, 6) is -1.59. The molecule has 0 aromatic heterocycles. The fourth-order valence-electron chi connectivity index (χ4n) is 3.83. The summed E-state index contributed by atoms with van der Waals surface area (Å²) in [7, 11) is -4.16. The van der Waals surface area contributed by atoms with Crippen LogP contribution in [0.1, 0.15) is 25.0 Å². The third-order valence-electron chi connectivity index (χ3n) is 6.07. The highest BCUT2D eigenvalue weighted by Crippen LogP contribution is 2.26. The van der Waals surface area contributed by atoms with E-state index >= 15 is 0 Å². The van der Waals surface area contributed by atoms with Gasteiger partial charge in [-0.25, -0.2) is 12.8 Å². The highest BCUT2D eigenvalue weighted by molar-refractivity contribution is 7.98. The smallest absolute Gasteiger partial charge is 0.264 e. The van der Waals surface area contributed by atoms with Crippen LogP contribution in [0.3, 0.4) is 0 Å². The van der Waals surface area contributed by atoms with Crippen LogP contribution in [0.15, 0.2) is 82.6 Å². The van der Waals surface area contributed by atoms with E-state index in [2.05, 4.69) is 5.32 Å². The van der Waals surface area contributed by atoms with Crippen molar-refractivity contribution in [3.05, 3.63) is 89.7 Å². The summed E-state index contributed by atoms with van der Waals surface area (Å²) in [6, 6.07) is 18.2. The summed E-state index contributed by atoms with van der Waals surface area (Å²) in [6.45, 7) is 4.74. The van der Waals surface area contributed by atoms with Crippen molar-refractivity contribution in [2.45, 2.75) is 43.1 Å². The molecular formula is C28H32FN3O4S2. The summed E-state index contributed by atoms with van der Waals surface area (Å²) >= 11 is 1.48. The van der Waals surface area contributed by atoms with E-state index in [1.165, 1.54) is 53.9 Å². The molecule has 0 fully saturated rings. The fourth-order valence-corrected chi connectivity index (χ4v) is 5.65. The molecule has 1 atom stereocenters. The highest BCUT2D eigenvalue weighted by Gasteiger charge is 2.32. The molecule has 1 N–H and O–H groups in total. The molecule has 0 saturated heterocycles. The number of benzene rings is 3. The average molecular weight is 558 g/mol. The van der Waals surface area contributed by atoms with Gasteiger partial charge < -0.3 is 10.2 Å². The van der Waals surface area contributed by atoms with E-state index in [1.54, 1.807) is 49.4 Å². The zero-order chi connectivity index (χ0) is 27.9. The first-order valence-corrected chi connectivity index (χ1v) is 14.8. The van der Waals surface area contributed by atoms with Crippen LogP contribution < -0.4 is 9.62 Å². The number of carbonyl (C=O) groups excluding carboxylic acids is 2. The molecule has 3 aromatic carbocycles. The van der Waals surface area contributed by atoms with Gasteiger partial charge in [0.15, 0.2) is 0 Å². The van der Waals surface area contributed by atoms with E-state index in [-0.39, 0.29) is 17.0 Å². The van der Waals surface area contributed by atoms with Gasteiger partial charge in [-0.1, -0.05) is 35.9 Å². The number of sulfonamides is 1. The molecule has 38 heavy (non-hydrogen) atoms. The van der Waals surface area contributed by atoms with E-state index in [4.69, 9.17) is 0 Å². The first-order chi connectivity index (χ1) is 18.1. The lowest BCUT2D eigenvalue weighted by atomic mass is 10.1. The minimum Gasteiger partial charge on any atom is -0.355 e. The van der Waals surface area contributed by atoms with E-state index in [1.807, 2.05) is 13.2 Å². The maximum Gasteiger partial charge on any atom is 0.264 e. The van der Waals surface area contributed by atoms with Crippen molar-refractivity contribution in [1.82, 2.24) is 10.2 Å². The molecule has 10 heteroatoms. The van der Waals surface area contributed by atoms with Crippen LogP contribution in [0.2, 0.25) is 0 Å². The van der Waals surface area contributed by atoms with E-state index in [0.29, 0.717) is 12.2 Å². The number of nitrogens with one attached hydrogen (secondary N) is 1. The summed E-state index contributed by atoms with van der Waals surface area (Å²) < 4.78 is 43.2. The Bertz CT molecular complexity index is 1360. The molecule has 0 heterocycles. The number of rotatable bonds is 11. The third-order valence-corrected chi connectivity index (χ3v) is 8.60. The molecule has 0 radical (unpaired) electrons. The van der Waals surface area contributed by atoms with E-state index < -0.39 is 40.2 Å². The van der Waals surface area contributed by atoms with Gasteiger partial charge in [0.1, 0.15) is 18.4 Å². The van der Waals surface area contributed by atoms with Crippen LogP contribution in [0.25, 0.3) is 0 Å². The lowest BCUT2D eigenvalue weighted by Crippen LogP contribution is -2.51. The molecule has 0 aliphatic carbocycles. The minimum absolute atomic E-state index is 0.0288. The zero-order valence-electron chi connectivity index (χ0n) is 21.8. The SMILES string of the molecule is CCNC(=O)C(C)N(Cc1ccccc1F)C(=O)CN(c1ccc(C)cc1)S(=O)(=O)c1ccc(SC)cc1. The summed E-state index contributed by atoms with van der Waals surface area (Å²) in [6.07, 6.45) is 1.89. The van der Waals surface area contributed by atoms with Gasteiger partial charge in [0, 0.05) is 23.5 Å². The lowest BCUT2D eigenvalue weighted by molar-refractivity contribution is -0.139. The molecule has 1 unspecified atom stereocenters. The standard InChI is InChI=1S/C28H32FN3O4S2/c1-5-30-28(34)21(3)31(18-22-8-6-7-9-26(22)29)27(33)19-32(23-12-10-20(2)11-13-23)38(35,36)25-16-14-24(37-4)15-17-25/h6-17,21H,5,18-19H2,1-4H3,(H,30,34). The average Bonchev–Trinajstić information content (AvgIpc) is 2.91. The Labute approximate surface area is 228 Å². The largest absolute Gasteiger partial charge is 0.355 e. The van der Waals surface area contributed by atoms with Crippen molar-refractivity contribution in [2.75, 3.05) is 23.7 Å². The summed E-state index contributed by atoms with van der Waals surface area (Å²) in [5.41, 5.74) is 1.44. The second kappa shape index (κ2) is 12.9. The van der Waals surface area contributed by atoms with Gasteiger partial charge in [-0.2, -0.15) is 0 Å². The van der Waals surface area contributed by atoms with Gasteiger partial charge in [-0.15, -0.1) is 11.8 Å². The number of anilines is 1. The van der Waals surface area contributed by atoms with Crippen LogP contribution in [-0.4, -0.2) is 50.5 Å². The number of carbonyl (C=O) groups is 2. The number of likely N-dealkylation sites (N-methyl/N-ethyl adjacent to an activating group) is 1. The fraction of sp³-hybridized carbons (Fsp3) is 0.286. The van der Waals surface area contributed by atoms with Crippen LogP contribution in [0, 0.1) is 12.7 Å². The topological polar surface area (TPSA) is 86.8 Å². The monoisotopic (exact) mass is 557 g/mol. The Kier molecular flexibility index (Phi) is 9.93. The first kappa shape index (κ1) is 29.2. The number of nitrogens with zero attached hydrogens (tertiary/aromatic N) is 2. The lowest BCUT2D eigenvalue weighted by Gasteiger charge is -2.32. The molecule has 0 aliphatic rings. The van der Waals surface area contributed by atoms with Gasteiger partial charge in [-0.05, 0) is 69.5 Å². The maximum absolute atomic E-state index is 14.5. The van der Waals surface area contributed by atoms with Crippen LogP contribution in [0.4, 0.5) is 10.1 Å². The molecule has 3 aromatic rings. The number of aryl methyl sites for hydroxylation is 1. The number of hydrogen-bond acceptors (Lipinski definition) is 5. The second-order valence-electron chi connectivity index (χ2n) is 8.71. The Morgan fingerprint density at radius 1 is 1.00 bits per heavy atom. The van der Waals surface area contributed by atoms with Gasteiger partial charge in [0.25, 0.3) is 10.0 Å². The van der Waals surface area contributed by atoms with Crippen molar-refractivity contribution >= 4 is 39.3 Å². The normalized spacial score (nSPS) is 12.0. The summed E-state index contributed by atoms with van der Waals surface area (Å²) in [5, 5.41) is 2.68. The predicted octanol–water partition coefficient (Wildman–Crippen LogP) is 4.60. The first-order valence-electron chi connectivity index (χ1n) is 12.1. The van der Waals surface area contributed by atoms with Gasteiger partial charge >= 0.3 is 0 Å². The van der Waals surface area contributed by atoms with Crippen molar-refractivity contribution in [3.63, 3.8) is 0 Å². The van der Waals surface area contributed by atoms with Crippen molar-refractivity contribution in [1.29, 1.82) is 0 Å². The number of thioether (sulfide) groups is 1. The Morgan fingerprint density at radius 2 is 1.63 bits per heavy atom. The summed E-state index contributed by atoms with van der Waals surface area (Å²) in [4.78, 5) is 28.6. The van der Waals surface area contributed by atoms with Crippen LogP contribution in [0.5, 0.6) is 0 Å².